The zero-order valence-corrected chi connectivity index (χ0v) is 18.2. The average Bonchev–Trinajstić information content (AvgIpc) is 3.31. The number of nitro groups is 1. The summed E-state index contributed by atoms with van der Waals surface area (Å²) in [5.41, 5.74) is 1.98. The summed E-state index contributed by atoms with van der Waals surface area (Å²) >= 11 is 1.43. The quantitative estimate of drug-likeness (QED) is 0.315. The number of nitrogens with one attached hydrogen (secondary N) is 1. The summed E-state index contributed by atoms with van der Waals surface area (Å²) in [5, 5.41) is 16.2. The molecule has 1 aromatic carbocycles. The van der Waals surface area contributed by atoms with Crippen molar-refractivity contribution in [2.75, 3.05) is 46.5 Å². The highest BCUT2D eigenvalue weighted by Gasteiger charge is 2.25. The number of carbonyl (C=O) groups excluding carboxylic acids is 1. The number of unbranched alkanes of at least 4 members (excludes halogenated alkanes) is 1. The largest absolute Gasteiger partial charge is 0.493 e. The normalized spacial score (nSPS) is 14.2. The maximum Gasteiger partial charge on any atom is 0.286 e. The lowest BCUT2D eigenvalue weighted by Crippen LogP contribution is -2.37. The van der Waals surface area contributed by atoms with Crippen molar-refractivity contribution in [2.24, 2.45) is 0 Å². The second-order valence-electron chi connectivity index (χ2n) is 6.96. The van der Waals surface area contributed by atoms with Gasteiger partial charge in [0.1, 0.15) is 12.2 Å². The van der Waals surface area contributed by atoms with E-state index in [1.54, 1.807) is 5.51 Å². The van der Waals surface area contributed by atoms with Crippen LogP contribution in [0.15, 0.2) is 23.0 Å². The average molecular weight is 451 g/mol. The van der Waals surface area contributed by atoms with Crippen LogP contribution in [0.25, 0.3) is 0 Å². The van der Waals surface area contributed by atoms with Crippen molar-refractivity contribution in [2.45, 2.75) is 19.4 Å². The Labute approximate surface area is 184 Å². The molecule has 0 atom stereocenters. The molecule has 1 saturated heterocycles. The molecular formula is C20H26N4O6S. The van der Waals surface area contributed by atoms with Crippen LogP contribution >= 0.6 is 11.3 Å². The first-order chi connectivity index (χ1) is 15.1. The summed E-state index contributed by atoms with van der Waals surface area (Å²) in [6, 6.07) is 2.57. The molecule has 1 aliphatic heterocycles. The number of morpholine rings is 1. The second kappa shape index (κ2) is 11.6. The molecule has 11 heteroatoms. The van der Waals surface area contributed by atoms with Gasteiger partial charge in [-0.25, -0.2) is 4.98 Å². The van der Waals surface area contributed by atoms with Crippen molar-refractivity contribution in [3.05, 3.63) is 44.4 Å². The zero-order chi connectivity index (χ0) is 22.1. The zero-order valence-electron chi connectivity index (χ0n) is 17.4. The van der Waals surface area contributed by atoms with Crippen molar-refractivity contribution in [1.82, 2.24) is 15.2 Å². The smallest absolute Gasteiger partial charge is 0.286 e. The Morgan fingerprint density at radius 1 is 1.32 bits per heavy atom. The van der Waals surface area contributed by atoms with Gasteiger partial charge < -0.3 is 19.5 Å². The number of benzene rings is 1. The Balaban J connectivity index is 1.58. The molecule has 31 heavy (non-hydrogen) atoms. The number of methoxy groups -OCH3 is 1. The Hall–Kier alpha value is -2.76. The summed E-state index contributed by atoms with van der Waals surface area (Å²) in [5.74, 6) is -0.0787. The molecule has 1 aliphatic rings. The highest BCUT2D eigenvalue weighted by Crippen LogP contribution is 2.35. The van der Waals surface area contributed by atoms with Gasteiger partial charge in [0.2, 0.25) is 0 Å². The minimum atomic E-state index is -0.595. The molecule has 0 aliphatic carbocycles. The van der Waals surface area contributed by atoms with Crippen LogP contribution in [-0.2, 0) is 11.3 Å². The predicted octanol–water partition coefficient (Wildman–Crippen LogP) is 2.48. The minimum Gasteiger partial charge on any atom is -0.493 e. The number of nitrogens with zero attached hydrogens (tertiary/aromatic N) is 3. The van der Waals surface area contributed by atoms with E-state index in [4.69, 9.17) is 14.2 Å². The number of amides is 1. The van der Waals surface area contributed by atoms with Crippen LogP contribution in [0.4, 0.5) is 5.69 Å². The first-order valence-electron chi connectivity index (χ1n) is 10.0. The second-order valence-corrected chi connectivity index (χ2v) is 7.68. The third-order valence-corrected chi connectivity index (χ3v) is 5.51. The summed E-state index contributed by atoms with van der Waals surface area (Å²) in [7, 11) is 1.42. The van der Waals surface area contributed by atoms with E-state index in [-0.39, 0.29) is 29.4 Å². The van der Waals surface area contributed by atoms with Gasteiger partial charge in [0, 0.05) is 31.1 Å². The highest BCUT2D eigenvalue weighted by atomic mass is 32.1. The number of ether oxygens (including phenoxy) is 3. The molecule has 168 valence electrons. The molecule has 3 rings (SSSR count). The molecule has 1 aromatic heterocycles. The molecule has 1 amide bonds. The van der Waals surface area contributed by atoms with E-state index in [9.17, 15) is 14.9 Å². The Kier molecular flexibility index (Phi) is 8.56. The third-order valence-electron chi connectivity index (χ3n) is 4.87. The fourth-order valence-corrected chi connectivity index (χ4v) is 3.74. The fourth-order valence-electron chi connectivity index (χ4n) is 3.20. The lowest BCUT2D eigenvalue weighted by molar-refractivity contribution is -0.385. The van der Waals surface area contributed by atoms with E-state index in [2.05, 4.69) is 15.2 Å². The number of hydrogen-bond donors (Lipinski definition) is 1. The van der Waals surface area contributed by atoms with Gasteiger partial charge in [-0.05, 0) is 19.4 Å². The molecule has 2 aromatic rings. The first-order valence-corrected chi connectivity index (χ1v) is 11.0. The van der Waals surface area contributed by atoms with Gasteiger partial charge in [-0.2, -0.15) is 0 Å². The molecule has 0 bridgehead atoms. The molecule has 1 N–H and O–H groups in total. The van der Waals surface area contributed by atoms with Crippen LogP contribution in [0.5, 0.6) is 11.5 Å². The van der Waals surface area contributed by atoms with Crippen LogP contribution in [-0.4, -0.2) is 67.2 Å². The molecule has 10 nitrogen and oxygen atoms in total. The summed E-state index contributed by atoms with van der Waals surface area (Å²) in [6.07, 6.45) is 1.71. The SMILES string of the molecule is COc1cc(C(=O)NCCCCN2CCOCC2)c([N+](=O)[O-])cc1OCc1cscn1. The predicted molar refractivity (Wildman–Crippen MR) is 115 cm³/mol. The van der Waals surface area contributed by atoms with Gasteiger partial charge >= 0.3 is 0 Å². The van der Waals surface area contributed by atoms with Gasteiger partial charge in [0.25, 0.3) is 11.6 Å². The van der Waals surface area contributed by atoms with Crippen LogP contribution in [0.2, 0.25) is 0 Å². The van der Waals surface area contributed by atoms with E-state index >= 15 is 0 Å². The van der Waals surface area contributed by atoms with Crippen LogP contribution < -0.4 is 14.8 Å². The van der Waals surface area contributed by atoms with Gasteiger partial charge in [-0.15, -0.1) is 11.3 Å². The van der Waals surface area contributed by atoms with Crippen molar-refractivity contribution >= 4 is 22.9 Å². The van der Waals surface area contributed by atoms with E-state index in [1.807, 2.05) is 5.38 Å². The maximum atomic E-state index is 12.6. The number of rotatable bonds is 11. The van der Waals surface area contributed by atoms with E-state index in [0.717, 1.165) is 45.7 Å². The summed E-state index contributed by atoms with van der Waals surface area (Å²) in [6.45, 7) is 4.89. The standard InChI is InChI=1S/C20H26N4O6S/c1-28-18-10-16(20(25)21-4-2-3-5-23-6-8-29-9-7-23)17(24(26)27)11-19(18)30-12-15-13-31-14-22-15/h10-11,13-14H,2-9,12H2,1H3,(H,21,25). The highest BCUT2D eigenvalue weighted by molar-refractivity contribution is 7.07. The van der Waals surface area contributed by atoms with Crippen LogP contribution in [0.1, 0.15) is 28.9 Å². The fraction of sp³-hybridized carbons (Fsp3) is 0.500. The lowest BCUT2D eigenvalue weighted by atomic mass is 10.1. The van der Waals surface area contributed by atoms with E-state index in [1.165, 1.54) is 30.6 Å². The number of aromatic nitrogens is 1. The van der Waals surface area contributed by atoms with E-state index < -0.39 is 10.8 Å². The van der Waals surface area contributed by atoms with E-state index in [0.29, 0.717) is 12.2 Å². The van der Waals surface area contributed by atoms with Gasteiger partial charge in [-0.3, -0.25) is 19.8 Å². The van der Waals surface area contributed by atoms with Gasteiger partial charge in [0.15, 0.2) is 11.5 Å². The van der Waals surface area contributed by atoms with Crippen LogP contribution in [0, 0.1) is 10.1 Å². The van der Waals surface area contributed by atoms with Crippen molar-refractivity contribution < 1.29 is 23.9 Å². The summed E-state index contributed by atoms with van der Waals surface area (Å²) < 4.78 is 16.3. The number of thiazole rings is 1. The molecular weight excluding hydrogens is 424 g/mol. The lowest BCUT2D eigenvalue weighted by Gasteiger charge is -2.26. The molecule has 2 heterocycles. The Morgan fingerprint density at radius 2 is 2.13 bits per heavy atom. The minimum absolute atomic E-state index is 0.0592. The monoisotopic (exact) mass is 450 g/mol. The first kappa shape index (κ1) is 22.9. The number of carbonyl (C=O) groups is 1. The topological polar surface area (TPSA) is 116 Å². The molecule has 0 unspecified atom stereocenters. The van der Waals surface area contributed by atoms with Crippen molar-refractivity contribution in [3.8, 4) is 11.5 Å². The molecule has 0 spiro atoms. The molecule has 1 fully saturated rings. The van der Waals surface area contributed by atoms with Crippen molar-refractivity contribution in [3.63, 3.8) is 0 Å². The van der Waals surface area contributed by atoms with Gasteiger partial charge in [0.05, 0.1) is 42.5 Å². The third kappa shape index (κ3) is 6.61. The number of hydrogen-bond acceptors (Lipinski definition) is 9. The Morgan fingerprint density at radius 3 is 2.81 bits per heavy atom. The molecule has 0 saturated carbocycles. The Bertz CT molecular complexity index is 871. The molecule has 0 radical (unpaired) electrons. The van der Waals surface area contributed by atoms with Crippen LogP contribution in [0.3, 0.4) is 0 Å². The maximum absolute atomic E-state index is 12.6. The van der Waals surface area contributed by atoms with Crippen molar-refractivity contribution in [1.29, 1.82) is 0 Å². The number of nitro benzene ring substituents is 1. The van der Waals surface area contributed by atoms with Gasteiger partial charge in [-0.1, -0.05) is 0 Å². The summed E-state index contributed by atoms with van der Waals surface area (Å²) in [4.78, 5) is 30.0.